The van der Waals surface area contributed by atoms with Gasteiger partial charge in [0.1, 0.15) is 0 Å². The number of para-hydroxylation sites is 2. The van der Waals surface area contributed by atoms with E-state index in [1.807, 2.05) is 0 Å². The normalized spacial score (nSPS) is 11.9. The first-order chi connectivity index (χ1) is 66.4. The van der Waals surface area contributed by atoms with Crippen molar-refractivity contribution in [2.75, 3.05) is 0 Å². The van der Waals surface area contributed by atoms with E-state index in [0.717, 1.165) is 34.1 Å². The van der Waals surface area contributed by atoms with Gasteiger partial charge in [0, 0.05) is 98.8 Å². The van der Waals surface area contributed by atoms with Gasteiger partial charge in [-0.25, -0.2) is 0 Å². The summed E-state index contributed by atoms with van der Waals surface area (Å²) in [6.07, 6.45) is 0. The zero-order chi connectivity index (χ0) is 91.6. The molecule has 0 atom stereocenters. The fourth-order valence-electron chi connectivity index (χ4n) is 21.9. The van der Waals surface area contributed by atoms with E-state index in [2.05, 4.69) is 509 Å². The molecule has 26 aromatic rings. The number of hydrogen-bond acceptors (Lipinski definition) is 0. The van der Waals surface area contributed by atoms with Gasteiger partial charge in [-0.15, -0.1) is 0 Å². The maximum atomic E-state index is 2.41. The van der Waals surface area contributed by atoms with E-state index in [1.165, 1.54) is 253 Å². The molecule has 0 aliphatic rings. The molecule has 0 spiro atoms. The molecule has 6 heterocycles. The van der Waals surface area contributed by atoms with Crippen LogP contribution in [0.2, 0.25) is 0 Å². The van der Waals surface area contributed by atoms with Crippen molar-refractivity contribution in [3.63, 3.8) is 0 Å². The summed E-state index contributed by atoms with van der Waals surface area (Å²) in [6.45, 7) is 21.8. The smallest absolute Gasteiger partial charge is 0.0541 e. The second-order valence-corrected chi connectivity index (χ2v) is 38.1. The minimum Gasteiger partial charge on any atom is -0.309 e. The van der Waals surface area contributed by atoms with E-state index in [4.69, 9.17) is 0 Å². The van der Waals surface area contributed by atoms with Gasteiger partial charge in [-0.3, -0.25) is 0 Å². The Bertz CT molecular complexity index is 8420. The SMILES string of the molecule is Cc1ccc2c(c1)c1cc(C)ccc1n2-c1ccc(-c2cc(-c3ccc(-n4c5ccc(C)cc5c5cc(C)ccc54)cc3)cc(-c3ccc(-n4c5ccc(C)cc5c5cc(C)ccc54)cc3)c2)cc1.Cc1ccc2c(c1)c1cc(C)ccc1n2-c1ccc(-c2cc(-c3ccc(-n4c5ccccc5c5ccccc54)cc3)cc(-c3ccc(-n4c5ccc(C)cc5c5cc(C)ccc54)cc3)c2)cc1. The molecule has 0 saturated carbocycles. The first-order valence-electron chi connectivity index (χ1n) is 47.5. The summed E-state index contributed by atoms with van der Waals surface area (Å²) in [6, 6.07) is 155. The van der Waals surface area contributed by atoms with Crippen molar-refractivity contribution in [2.24, 2.45) is 0 Å². The monoisotopic (exact) mass is 1740 g/mol. The fraction of sp³-hybridized carbons (Fsp3) is 0.0769. The largest absolute Gasteiger partial charge is 0.309 e. The van der Waals surface area contributed by atoms with Crippen molar-refractivity contribution in [1.29, 1.82) is 0 Å². The van der Waals surface area contributed by atoms with Gasteiger partial charge >= 0.3 is 0 Å². The Morgan fingerprint density at radius 2 is 0.228 bits per heavy atom. The highest BCUT2D eigenvalue weighted by molar-refractivity contribution is 6.15. The average Bonchev–Trinajstić information content (AvgIpc) is 1.54. The second-order valence-electron chi connectivity index (χ2n) is 38.1. The number of aromatic nitrogens is 6. The first kappa shape index (κ1) is 81.2. The summed E-state index contributed by atoms with van der Waals surface area (Å²) in [5.74, 6) is 0. The van der Waals surface area contributed by atoms with Crippen LogP contribution in [0.1, 0.15) is 55.6 Å². The lowest BCUT2D eigenvalue weighted by Crippen LogP contribution is -1.95. The van der Waals surface area contributed by atoms with Crippen molar-refractivity contribution in [3.05, 3.63) is 468 Å². The highest BCUT2D eigenvalue weighted by Gasteiger charge is 2.23. The van der Waals surface area contributed by atoms with Gasteiger partial charge in [-0.1, -0.05) is 225 Å². The van der Waals surface area contributed by atoms with Gasteiger partial charge in [0.25, 0.3) is 0 Å². The van der Waals surface area contributed by atoms with Crippen LogP contribution in [0.5, 0.6) is 0 Å². The Labute approximate surface area is 791 Å². The van der Waals surface area contributed by atoms with Gasteiger partial charge in [0.05, 0.1) is 66.2 Å². The van der Waals surface area contributed by atoms with Crippen LogP contribution < -0.4 is 0 Å². The van der Waals surface area contributed by atoms with Gasteiger partial charge in [0.15, 0.2) is 0 Å². The molecule has 0 N–H and O–H groups in total. The first-order valence-corrected chi connectivity index (χ1v) is 47.5. The Balaban J connectivity index is 0.000000145. The lowest BCUT2D eigenvalue weighted by atomic mass is 9.93. The molecule has 0 bridgehead atoms. The third-order valence-electron chi connectivity index (χ3n) is 28.6. The standard InChI is InChI=1S/C66H51N3.C64H47N3/c1-40-7-25-61-55(31-40)56-32-41(2)8-26-62(56)67(61)52-19-13-46(14-20-52)49-37-50(47-15-21-53(22-16-47)68-63-27-9-42(3)33-57(63)58-34-43(4)10-28-64(58)68)39-51(38-49)48-17-23-54(24-18-48)69-65-29-11-44(5)35-59(65)60-36-45(6)12-30-66(60)69;1-40-13-29-61-55(33-40)56-34-41(2)14-30-62(56)66(61)51-25-19-45(20-26-51)48-37-47(44-17-23-50(24-18-44)65-59-11-7-5-9-53(59)54-10-6-8-12-60(54)65)38-49(39-48)46-21-27-52(28-22-46)67-63-31-15-42(3)35-57(63)58-36-43(4)16-32-64(58)67/h7-39H,1-6H3;5-39H,1-4H3. The summed E-state index contributed by atoms with van der Waals surface area (Å²) in [7, 11) is 0. The molecule has 0 radical (unpaired) electrons. The quantitative estimate of drug-likeness (QED) is 0.117. The Kier molecular flexibility index (Phi) is 19.1. The molecule has 6 heteroatoms. The zero-order valence-electron chi connectivity index (χ0n) is 77.9. The number of benzene rings is 20. The number of fused-ring (bicyclic) bond motifs is 18. The average molecular weight is 1740 g/mol. The van der Waals surface area contributed by atoms with E-state index in [1.54, 1.807) is 0 Å². The van der Waals surface area contributed by atoms with Crippen LogP contribution in [0.4, 0.5) is 0 Å². The summed E-state index contributed by atoms with van der Waals surface area (Å²) in [5.41, 5.74) is 48.4. The van der Waals surface area contributed by atoms with E-state index >= 15 is 0 Å². The van der Waals surface area contributed by atoms with Crippen LogP contribution in [-0.4, -0.2) is 27.4 Å². The molecule has 6 nitrogen and oxygen atoms in total. The number of nitrogens with zero attached hydrogens (tertiary/aromatic N) is 6. The zero-order valence-corrected chi connectivity index (χ0v) is 77.9. The van der Waals surface area contributed by atoms with Gasteiger partial charge in [0.2, 0.25) is 0 Å². The fourth-order valence-corrected chi connectivity index (χ4v) is 21.9. The van der Waals surface area contributed by atoms with Crippen LogP contribution in [0.25, 0.3) is 232 Å². The topological polar surface area (TPSA) is 29.6 Å². The Morgan fingerprint density at radius 3 is 0.368 bits per heavy atom. The molecule has 20 aromatic carbocycles. The Morgan fingerprint density at radius 1 is 0.103 bits per heavy atom. The van der Waals surface area contributed by atoms with E-state index < -0.39 is 0 Å². The molecule has 0 aliphatic heterocycles. The van der Waals surface area contributed by atoms with Crippen molar-refractivity contribution >= 4 is 131 Å². The van der Waals surface area contributed by atoms with Gasteiger partial charge in [-0.2, -0.15) is 0 Å². The maximum Gasteiger partial charge on any atom is 0.0541 e. The summed E-state index contributed by atoms with van der Waals surface area (Å²) in [5, 5.41) is 15.4. The lowest BCUT2D eigenvalue weighted by Gasteiger charge is -2.14. The second kappa shape index (κ2) is 32.0. The van der Waals surface area contributed by atoms with Crippen LogP contribution in [-0.2, 0) is 0 Å². The minimum absolute atomic E-state index is 1.15. The molecule has 0 saturated heterocycles. The molecule has 0 unspecified atom stereocenters. The molecule has 6 aromatic heterocycles. The predicted molar refractivity (Wildman–Crippen MR) is 579 cm³/mol. The summed E-state index contributed by atoms with van der Waals surface area (Å²) in [4.78, 5) is 0. The lowest BCUT2D eigenvalue weighted by molar-refractivity contribution is 1.18. The Hall–Kier alpha value is -16.8. The molecule has 0 aliphatic carbocycles. The molecule has 0 amide bonds. The van der Waals surface area contributed by atoms with E-state index in [9.17, 15) is 0 Å². The predicted octanol–water partition coefficient (Wildman–Crippen LogP) is 35.0. The molecular weight excluding hydrogens is 1650 g/mol. The minimum atomic E-state index is 1.15. The summed E-state index contributed by atoms with van der Waals surface area (Å²) >= 11 is 0. The maximum absolute atomic E-state index is 2.41. The molecule has 648 valence electrons. The highest BCUT2D eigenvalue weighted by Crippen LogP contribution is 2.45. The van der Waals surface area contributed by atoms with Crippen LogP contribution >= 0.6 is 0 Å². The molecule has 26 rings (SSSR count). The summed E-state index contributed by atoms with van der Waals surface area (Å²) < 4.78 is 14.5. The van der Waals surface area contributed by atoms with Gasteiger partial charge in [-0.05, 0) is 379 Å². The highest BCUT2D eigenvalue weighted by atomic mass is 15.0. The number of aryl methyl sites for hydroxylation is 10. The van der Waals surface area contributed by atoms with E-state index in [-0.39, 0.29) is 0 Å². The molecular formula is C130H98N6. The number of rotatable bonds is 12. The van der Waals surface area contributed by atoms with Crippen LogP contribution in [0.15, 0.2) is 413 Å². The third-order valence-corrected chi connectivity index (χ3v) is 28.6. The molecule has 136 heavy (non-hydrogen) atoms. The van der Waals surface area contributed by atoms with Gasteiger partial charge < -0.3 is 27.4 Å². The van der Waals surface area contributed by atoms with Crippen LogP contribution in [0.3, 0.4) is 0 Å². The van der Waals surface area contributed by atoms with E-state index in [0.29, 0.717) is 0 Å². The number of hydrogen-bond donors (Lipinski definition) is 0. The van der Waals surface area contributed by atoms with Crippen molar-refractivity contribution in [3.8, 4) is 101 Å². The van der Waals surface area contributed by atoms with Crippen molar-refractivity contribution in [2.45, 2.75) is 69.2 Å². The third kappa shape index (κ3) is 13.8. The van der Waals surface area contributed by atoms with Crippen molar-refractivity contribution < 1.29 is 0 Å². The van der Waals surface area contributed by atoms with Crippen LogP contribution in [0, 0.1) is 69.2 Å². The molecule has 0 fully saturated rings. The van der Waals surface area contributed by atoms with Crippen molar-refractivity contribution in [1.82, 2.24) is 27.4 Å².